The summed E-state index contributed by atoms with van der Waals surface area (Å²) in [5, 5.41) is 22.4. The molecule has 2 saturated heterocycles. The molecule has 0 aliphatic carbocycles. The van der Waals surface area contributed by atoms with Crippen LogP contribution in [-0.2, 0) is 29.6 Å². The van der Waals surface area contributed by atoms with E-state index in [0.717, 1.165) is 74.7 Å². The van der Waals surface area contributed by atoms with Crippen LogP contribution in [0.1, 0.15) is 53.4 Å². The summed E-state index contributed by atoms with van der Waals surface area (Å²) in [4.78, 5) is 27.5. The molecule has 14 nitrogen and oxygen atoms in total. The van der Waals surface area contributed by atoms with Crippen molar-refractivity contribution in [2.75, 3.05) is 45.9 Å². The van der Waals surface area contributed by atoms with Crippen LogP contribution in [0.5, 0.6) is 11.5 Å². The molecule has 2 aromatic carbocycles. The summed E-state index contributed by atoms with van der Waals surface area (Å²) >= 11 is 2.24. The fourth-order valence-electron chi connectivity index (χ4n) is 7.31. The number of nitrogens with one attached hydrogen (secondary N) is 3. The first-order valence-corrected chi connectivity index (χ1v) is 24.8. The summed E-state index contributed by atoms with van der Waals surface area (Å²) in [6, 6.07) is 19.1. The lowest BCUT2D eigenvalue weighted by atomic mass is 9.89. The Morgan fingerprint density at radius 1 is 0.683 bits per heavy atom. The Morgan fingerprint density at radius 3 is 1.45 bits per heavy atom. The lowest BCUT2D eigenvalue weighted by Crippen LogP contribution is -2.49. The van der Waals surface area contributed by atoms with Gasteiger partial charge >= 0.3 is 11.9 Å². The van der Waals surface area contributed by atoms with Gasteiger partial charge in [-0.05, 0) is 167 Å². The average Bonchev–Trinajstić information content (AvgIpc) is 3.94. The van der Waals surface area contributed by atoms with Crippen LogP contribution >= 0.6 is 22.7 Å². The number of aliphatic carboxylic acids is 2. The first-order valence-electron chi connectivity index (χ1n) is 20.2. The Labute approximate surface area is 361 Å². The number of benzene rings is 2. The predicted molar refractivity (Wildman–Crippen MR) is 235 cm³/mol. The van der Waals surface area contributed by atoms with Gasteiger partial charge in [0.1, 0.15) is 32.0 Å². The van der Waals surface area contributed by atoms with Crippen molar-refractivity contribution in [1.29, 1.82) is 0 Å². The van der Waals surface area contributed by atoms with E-state index in [1.54, 1.807) is 12.1 Å². The van der Waals surface area contributed by atoms with Crippen molar-refractivity contribution >= 4 is 54.7 Å². The summed E-state index contributed by atoms with van der Waals surface area (Å²) in [5.74, 6) is -0.661. The minimum absolute atomic E-state index is 0.108. The summed E-state index contributed by atoms with van der Waals surface area (Å²) in [7, 11) is -7.86. The van der Waals surface area contributed by atoms with Crippen molar-refractivity contribution in [3.8, 4) is 32.4 Å². The lowest BCUT2D eigenvalue weighted by molar-refractivity contribution is -0.141. The Bertz CT molecular complexity index is 2210. The first kappa shape index (κ1) is 47.2. The van der Waals surface area contributed by atoms with Crippen molar-refractivity contribution in [2.24, 2.45) is 17.8 Å². The first-order chi connectivity index (χ1) is 28.6. The largest absolute Gasteiger partial charge is 0.494 e. The van der Waals surface area contributed by atoms with Crippen LogP contribution in [0.15, 0.2) is 81.2 Å². The third-order valence-corrected chi connectivity index (χ3v) is 16.4. The highest BCUT2D eigenvalue weighted by Gasteiger charge is 2.36. The quantitative estimate of drug-likeness (QED) is 0.0732. The zero-order chi connectivity index (χ0) is 43.5. The monoisotopic (exact) mass is 904 g/mol. The Balaban J connectivity index is 0.000000230. The molecule has 0 amide bonds. The van der Waals surface area contributed by atoms with Gasteiger partial charge in [-0.2, -0.15) is 9.44 Å². The van der Waals surface area contributed by atoms with Gasteiger partial charge in [-0.1, -0.05) is 13.8 Å². The summed E-state index contributed by atoms with van der Waals surface area (Å²) in [6.07, 6.45) is 2.57. The van der Waals surface area contributed by atoms with Crippen molar-refractivity contribution < 1.29 is 46.1 Å². The van der Waals surface area contributed by atoms with E-state index in [1.807, 2.05) is 62.4 Å². The molecule has 0 saturated carbocycles. The highest BCUT2D eigenvalue weighted by molar-refractivity contribution is 7.92. The molecule has 4 heterocycles. The summed E-state index contributed by atoms with van der Waals surface area (Å²) < 4.78 is 67.5. The number of rotatable bonds is 18. The molecule has 0 spiro atoms. The van der Waals surface area contributed by atoms with E-state index in [-0.39, 0.29) is 20.3 Å². The number of ether oxygens (including phenoxy) is 2. The number of likely N-dealkylation sites (tertiary alicyclic amines) is 1. The second kappa shape index (κ2) is 21.8. The van der Waals surface area contributed by atoms with Crippen LogP contribution in [0.25, 0.3) is 20.9 Å². The topological polar surface area (TPSA) is 201 Å². The van der Waals surface area contributed by atoms with Crippen molar-refractivity contribution in [3.63, 3.8) is 0 Å². The van der Waals surface area contributed by atoms with Crippen LogP contribution in [0.4, 0.5) is 0 Å². The molecule has 4 aromatic rings. The molecule has 6 rings (SSSR count). The van der Waals surface area contributed by atoms with Crippen LogP contribution in [0.3, 0.4) is 0 Å². The van der Waals surface area contributed by atoms with E-state index in [2.05, 4.69) is 33.5 Å². The highest BCUT2D eigenvalue weighted by atomic mass is 32.3. The highest BCUT2D eigenvalue weighted by Crippen LogP contribution is 2.34. The van der Waals surface area contributed by atoms with E-state index < -0.39 is 44.1 Å². The molecule has 18 heteroatoms. The zero-order valence-corrected chi connectivity index (χ0v) is 37.6. The summed E-state index contributed by atoms with van der Waals surface area (Å²) in [6.45, 7) is 13.2. The number of carboxylic acid groups (broad SMARTS) is 2. The molecule has 1 unspecified atom stereocenters. The molecule has 2 aliphatic rings. The SMILES string of the molecule is CCOc1ccc(-c2ccc(S(=O)(=O)NC(C(=O)O)C3CCN(CC(C)C)CC3)s2)cc1.CCOc1ccc(-c2ccc(S(=O)(=O)N[C@@H](C(=O)O)C3CCNCC3)s2)cc1. The lowest BCUT2D eigenvalue weighted by Gasteiger charge is -2.35. The van der Waals surface area contributed by atoms with E-state index in [0.29, 0.717) is 57.9 Å². The molecule has 60 heavy (non-hydrogen) atoms. The molecule has 2 aromatic heterocycles. The van der Waals surface area contributed by atoms with E-state index in [4.69, 9.17) is 9.47 Å². The minimum atomic E-state index is -3.94. The van der Waals surface area contributed by atoms with Gasteiger partial charge in [-0.3, -0.25) is 9.59 Å². The molecule has 2 aliphatic heterocycles. The van der Waals surface area contributed by atoms with E-state index >= 15 is 0 Å². The number of piperidine rings is 2. The van der Waals surface area contributed by atoms with Gasteiger partial charge in [-0.25, -0.2) is 16.8 Å². The second-order valence-corrected chi connectivity index (χ2v) is 21.2. The number of hydrogen-bond acceptors (Lipinski definition) is 12. The average molecular weight is 905 g/mol. The van der Waals surface area contributed by atoms with Crippen LogP contribution < -0.4 is 24.2 Å². The van der Waals surface area contributed by atoms with Gasteiger partial charge in [0.2, 0.25) is 0 Å². The normalized spacial score (nSPS) is 16.8. The molecule has 5 N–H and O–H groups in total. The van der Waals surface area contributed by atoms with E-state index in [1.165, 1.54) is 12.1 Å². The molecule has 0 bridgehead atoms. The molecule has 2 atom stereocenters. The standard InChI is InChI=1S/C23H32N2O5S2.C19H24N2O5S2/c1-4-30-19-7-5-17(6-8-19)20-9-10-21(31-20)32(28,29)24-22(23(26)27)18-11-13-25(14-12-18)15-16(2)3;1-2-26-15-5-3-13(4-6-15)16-7-8-17(27-16)28(24,25)21-18(19(22)23)14-9-11-20-12-10-14/h5-10,16,18,22,24H,4,11-15H2,1-3H3,(H,26,27);3-8,14,18,20-21H,2,9-12H2,1H3,(H,22,23)/t;18-/m.1/s1. The second-order valence-electron chi connectivity index (χ2n) is 15.1. The fraction of sp³-hybridized carbons (Fsp3) is 0.476. The third-order valence-electron chi connectivity index (χ3n) is 10.3. The maximum atomic E-state index is 13.0. The molecule has 0 radical (unpaired) electrons. The number of hydrogen-bond donors (Lipinski definition) is 5. The van der Waals surface area contributed by atoms with Crippen molar-refractivity contribution in [1.82, 2.24) is 19.7 Å². The Kier molecular flexibility index (Phi) is 17.1. The van der Waals surface area contributed by atoms with Crippen LogP contribution in [-0.4, -0.2) is 102 Å². The van der Waals surface area contributed by atoms with Gasteiger partial charge in [0, 0.05) is 16.3 Å². The van der Waals surface area contributed by atoms with Crippen LogP contribution in [0, 0.1) is 17.8 Å². The van der Waals surface area contributed by atoms with Crippen molar-refractivity contribution in [3.05, 3.63) is 72.8 Å². The van der Waals surface area contributed by atoms with Gasteiger partial charge in [0.05, 0.1) is 13.2 Å². The Hall–Kier alpha value is -3.88. The minimum Gasteiger partial charge on any atom is -0.494 e. The fourth-order valence-corrected chi connectivity index (χ4v) is 12.5. The van der Waals surface area contributed by atoms with E-state index in [9.17, 15) is 36.6 Å². The van der Waals surface area contributed by atoms with Gasteiger partial charge < -0.3 is 29.9 Å². The predicted octanol–water partition coefficient (Wildman–Crippen LogP) is 6.46. The molecule has 328 valence electrons. The maximum Gasteiger partial charge on any atom is 0.322 e. The number of sulfonamides is 2. The number of carboxylic acids is 2. The third kappa shape index (κ3) is 13.1. The number of thiophene rings is 2. The Morgan fingerprint density at radius 2 is 1.08 bits per heavy atom. The molecular weight excluding hydrogens is 849 g/mol. The van der Waals surface area contributed by atoms with Crippen LogP contribution in [0.2, 0.25) is 0 Å². The number of carbonyl (C=O) groups is 2. The van der Waals surface area contributed by atoms with Gasteiger partial charge in [0.25, 0.3) is 20.0 Å². The van der Waals surface area contributed by atoms with Crippen molar-refractivity contribution in [2.45, 2.75) is 73.9 Å². The van der Waals surface area contributed by atoms with Gasteiger partial charge in [0.15, 0.2) is 0 Å². The molecule has 2 fully saturated rings. The summed E-state index contributed by atoms with van der Waals surface area (Å²) in [5.41, 5.74) is 1.76. The maximum absolute atomic E-state index is 13.0. The molecular formula is C42H56N4O10S4. The smallest absolute Gasteiger partial charge is 0.322 e. The van der Waals surface area contributed by atoms with Gasteiger partial charge in [-0.15, -0.1) is 22.7 Å². The number of nitrogens with zero attached hydrogens (tertiary/aromatic N) is 1. The zero-order valence-electron chi connectivity index (χ0n) is 34.3.